The Morgan fingerprint density at radius 1 is 0.304 bits per heavy atom. The second kappa shape index (κ2) is 42.1. The molecule has 0 saturated heterocycles. The van der Waals surface area contributed by atoms with Crippen molar-refractivity contribution in [3.8, 4) is 0 Å². The Balaban J connectivity index is 3.09. The molecule has 0 aliphatic heterocycles. The first kappa shape index (κ1) is 45.1. The maximum atomic E-state index is 11.7. The van der Waals surface area contributed by atoms with Gasteiger partial charge in [-0.25, -0.2) is 0 Å². The lowest BCUT2D eigenvalue weighted by molar-refractivity contribution is -0.145. The molecule has 0 aliphatic carbocycles. The zero-order valence-corrected chi connectivity index (χ0v) is 29.6. The van der Waals surface area contributed by atoms with Crippen molar-refractivity contribution in [3.63, 3.8) is 0 Å². The predicted octanol–water partition coefficient (Wildman–Crippen LogP) is 5.79. The highest BCUT2D eigenvalue weighted by molar-refractivity contribution is 5.69. The molecule has 0 aliphatic rings. The van der Waals surface area contributed by atoms with E-state index in [0.29, 0.717) is 125 Å². The standard InChI is InChI=1S/C35H70O11/c1-3-5-7-9-11-13-15-35(36)46-34-33-45-32-31-44-30-29-43-28-27-42-26-25-41-24-23-40-22-21-39-20-19-38-18-17-37-16-14-12-10-8-6-4-2/h3-34H2,1-2H3. The third-order valence-corrected chi connectivity index (χ3v) is 6.84. The summed E-state index contributed by atoms with van der Waals surface area (Å²) >= 11 is 0. The summed E-state index contributed by atoms with van der Waals surface area (Å²) in [7, 11) is 0. The third-order valence-electron chi connectivity index (χ3n) is 6.84. The summed E-state index contributed by atoms with van der Waals surface area (Å²) < 4.78 is 54.6. The van der Waals surface area contributed by atoms with Crippen LogP contribution in [0.15, 0.2) is 0 Å². The Morgan fingerprint density at radius 2 is 0.565 bits per heavy atom. The van der Waals surface area contributed by atoms with Gasteiger partial charge in [-0.1, -0.05) is 78.1 Å². The first-order valence-electron chi connectivity index (χ1n) is 18.2. The molecule has 0 aromatic rings. The van der Waals surface area contributed by atoms with Crippen molar-refractivity contribution in [2.24, 2.45) is 0 Å². The Hall–Kier alpha value is -0.890. The number of hydrogen-bond acceptors (Lipinski definition) is 11. The van der Waals surface area contributed by atoms with Gasteiger partial charge < -0.3 is 47.4 Å². The molecular weight excluding hydrogens is 596 g/mol. The fourth-order valence-corrected chi connectivity index (χ4v) is 4.18. The predicted molar refractivity (Wildman–Crippen MR) is 180 cm³/mol. The highest BCUT2D eigenvalue weighted by Gasteiger charge is 2.02. The first-order chi connectivity index (χ1) is 22.8. The molecule has 46 heavy (non-hydrogen) atoms. The summed E-state index contributed by atoms with van der Waals surface area (Å²) in [5.74, 6) is -0.139. The lowest BCUT2D eigenvalue weighted by Gasteiger charge is -2.09. The van der Waals surface area contributed by atoms with Crippen molar-refractivity contribution < 1.29 is 52.2 Å². The van der Waals surface area contributed by atoms with Crippen LogP contribution in [0.2, 0.25) is 0 Å². The summed E-state index contributed by atoms with van der Waals surface area (Å²) in [6, 6.07) is 0. The molecule has 276 valence electrons. The maximum Gasteiger partial charge on any atom is 0.305 e. The Labute approximate surface area is 280 Å². The van der Waals surface area contributed by atoms with E-state index in [0.717, 1.165) is 25.9 Å². The second-order valence-corrected chi connectivity index (χ2v) is 11.0. The van der Waals surface area contributed by atoms with Crippen LogP contribution in [0.1, 0.15) is 97.3 Å². The zero-order valence-electron chi connectivity index (χ0n) is 29.6. The smallest absolute Gasteiger partial charge is 0.305 e. The molecule has 0 N–H and O–H groups in total. The SMILES string of the molecule is CCCCCCCCOCCOCCOCCOCCOCCOCCOCCOCCOCCOC(=O)CCCCCCCC. The minimum atomic E-state index is -0.139. The van der Waals surface area contributed by atoms with Crippen LogP contribution in [0.4, 0.5) is 0 Å². The van der Waals surface area contributed by atoms with E-state index in [1.165, 1.54) is 57.8 Å². The number of carbonyl (C=O) groups excluding carboxylic acids is 1. The van der Waals surface area contributed by atoms with Gasteiger partial charge in [0, 0.05) is 13.0 Å². The van der Waals surface area contributed by atoms with E-state index in [9.17, 15) is 4.79 Å². The molecule has 11 nitrogen and oxygen atoms in total. The molecule has 11 heteroatoms. The number of hydrogen-bond donors (Lipinski definition) is 0. The van der Waals surface area contributed by atoms with Crippen LogP contribution >= 0.6 is 0 Å². The fraction of sp³-hybridized carbons (Fsp3) is 0.971. The third kappa shape index (κ3) is 41.1. The van der Waals surface area contributed by atoms with Crippen molar-refractivity contribution in [1.29, 1.82) is 0 Å². The van der Waals surface area contributed by atoms with E-state index in [2.05, 4.69) is 13.8 Å². The molecule has 0 aromatic heterocycles. The molecular formula is C35H70O11. The summed E-state index contributed by atoms with van der Waals surface area (Å²) in [6.45, 7) is 14.4. The van der Waals surface area contributed by atoms with Crippen molar-refractivity contribution in [3.05, 3.63) is 0 Å². The lowest BCUT2D eigenvalue weighted by Crippen LogP contribution is -2.15. The molecule has 0 aromatic carbocycles. The van der Waals surface area contributed by atoms with E-state index in [-0.39, 0.29) is 5.97 Å². The van der Waals surface area contributed by atoms with Crippen LogP contribution in [0.3, 0.4) is 0 Å². The summed E-state index contributed by atoms with van der Waals surface area (Å²) in [4.78, 5) is 11.7. The molecule has 0 amide bonds. The van der Waals surface area contributed by atoms with E-state index in [1.807, 2.05) is 0 Å². The molecule has 0 fully saturated rings. The molecule has 0 bridgehead atoms. The van der Waals surface area contributed by atoms with Crippen LogP contribution in [-0.2, 0) is 52.2 Å². The molecule has 0 radical (unpaired) electrons. The van der Waals surface area contributed by atoms with Gasteiger partial charge in [-0.3, -0.25) is 4.79 Å². The summed E-state index contributed by atoms with van der Waals surface area (Å²) in [5, 5.41) is 0. The van der Waals surface area contributed by atoms with Crippen molar-refractivity contribution in [2.45, 2.75) is 97.3 Å². The average Bonchev–Trinajstić information content (AvgIpc) is 3.06. The van der Waals surface area contributed by atoms with Gasteiger partial charge in [0.15, 0.2) is 0 Å². The minimum Gasteiger partial charge on any atom is -0.463 e. The number of carbonyl (C=O) groups is 1. The van der Waals surface area contributed by atoms with Crippen molar-refractivity contribution in [1.82, 2.24) is 0 Å². The molecule has 0 rings (SSSR count). The lowest BCUT2D eigenvalue weighted by atomic mass is 10.1. The Kier molecular flexibility index (Phi) is 41.3. The largest absolute Gasteiger partial charge is 0.463 e. The second-order valence-electron chi connectivity index (χ2n) is 11.0. The van der Waals surface area contributed by atoms with Gasteiger partial charge in [0.1, 0.15) is 6.61 Å². The van der Waals surface area contributed by atoms with Gasteiger partial charge in [0.25, 0.3) is 0 Å². The van der Waals surface area contributed by atoms with Crippen LogP contribution < -0.4 is 0 Å². The summed E-state index contributed by atoms with van der Waals surface area (Å²) in [6.07, 6.45) is 15.1. The highest BCUT2D eigenvalue weighted by atomic mass is 16.6. The number of unbranched alkanes of at least 4 members (excludes halogenated alkanes) is 10. The van der Waals surface area contributed by atoms with Crippen molar-refractivity contribution >= 4 is 5.97 Å². The normalized spacial score (nSPS) is 11.4. The Morgan fingerprint density at radius 3 is 0.913 bits per heavy atom. The number of ether oxygens (including phenoxy) is 10. The van der Waals surface area contributed by atoms with Gasteiger partial charge >= 0.3 is 5.97 Å². The molecule has 0 heterocycles. The van der Waals surface area contributed by atoms with Gasteiger partial charge in [0.2, 0.25) is 0 Å². The zero-order chi connectivity index (χ0) is 33.3. The molecule has 0 atom stereocenters. The fourth-order valence-electron chi connectivity index (χ4n) is 4.18. The van der Waals surface area contributed by atoms with Crippen LogP contribution in [0.25, 0.3) is 0 Å². The van der Waals surface area contributed by atoms with Gasteiger partial charge in [-0.05, 0) is 12.8 Å². The van der Waals surface area contributed by atoms with E-state index in [1.54, 1.807) is 0 Å². The maximum absolute atomic E-state index is 11.7. The molecule has 0 unspecified atom stereocenters. The van der Waals surface area contributed by atoms with E-state index >= 15 is 0 Å². The summed E-state index contributed by atoms with van der Waals surface area (Å²) in [5.41, 5.74) is 0. The monoisotopic (exact) mass is 666 g/mol. The minimum absolute atomic E-state index is 0.139. The number of esters is 1. The topological polar surface area (TPSA) is 109 Å². The quantitative estimate of drug-likeness (QED) is 0.0584. The van der Waals surface area contributed by atoms with Crippen LogP contribution in [0.5, 0.6) is 0 Å². The van der Waals surface area contributed by atoms with E-state index in [4.69, 9.17) is 47.4 Å². The average molecular weight is 667 g/mol. The van der Waals surface area contributed by atoms with Crippen LogP contribution in [-0.4, -0.2) is 132 Å². The number of rotatable bonds is 41. The highest BCUT2D eigenvalue weighted by Crippen LogP contribution is 2.07. The van der Waals surface area contributed by atoms with Gasteiger partial charge in [0.05, 0.1) is 112 Å². The first-order valence-corrected chi connectivity index (χ1v) is 18.2. The van der Waals surface area contributed by atoms with E-state index < -0.39 is 0 Å². The molecule has 0 spiro atoms. The van der Waals surface area contributed by atoms with Crippen LogP contribution in [0, 0.1) is 0 Å². The Bertz CT molecular complexity index is 569. The van der Waals surface area contributed by atoms with Gasteiger partial charge in [-0.2, -0.15) is 0 Å². The van der Waals surface area contributed by atoms with Gasteiger partial charge in [-0.15, -0.1) is 0 Å². The van der Waals surface area contributed by atoms with Crippen molar-refractivity contribution in [2.75, 3.05) is 126 Å². The molecule has 0 saturated carbocycles.